The topological polar surface area (TPSA) is 64.9 Å². The molecule has 4 nitrogen and oxygen atoms in total. The van der Waals surface area contributed by atoms with Crippen LogP contribution in [0.15, 0.2) is 10.1 Å². The maximum absolute atomic E-state index is 13.2. The summed E-state index contributed by atoms with van der Waals surface area (Å²) >= 11 is 0. The Morgan fingerprint density at radius 3 is 2.77 bits per heavy atom. The summed E-state index contributed by atoms with van der Waals surface area (Å²) in [6, 6.07) is 0. The van der Waals surface area contributed by atoms with E-state index in [1.807, 2.05) is 0 Å². The second kappa shape index (κ2) is 4.13. The van der Waals surface area contributed by atoms with Gasteiger partial charge in [-0.05, 0) is 26.0 Å². The lowest BCUT2D eigenvalue weighted by Crippen LogP contribution is -2.03. The second-order valence-corrected chi connectivity index (χ2v) is 2.87. The van der Waals surface area contributed by atoms with Gasteiger partial charge in [-0.3, -0.25) is 0 Å². The van der Waals surface area contributed by atoms with Crippen molar-refractivity contribution in [3.63, 3.8) is 0 Å². The summed E-state index contributed by atoms with van der Waals surface area (Å²) < 4.78 is 17.9. The lowest BCUT2D eigenvalue weighted by Gasteiger charge is -1.89. The number of aromatic nitrogens is 2. The highest BCUT2D eigenvalue weighted by Crippen LogP contribution is 2.17. The molecule has 0 radical (unpaired) electrons. The Morgan fingerprint density at radius 2 is 2.23 bits per heavy atom. The largest absolute Gasteiger partial charge is 0.331 e. The Labute approximate surface area is 75.6 Å². The first-order chi connectivity index (χ1) is 6.15. The predicted octanol–water partition coefficient (Wildman–Crippen LogP) is 1.29. The molecule has 0 aliphatic carbocycles. The normalized spacial score (nSPS) is 10.2. The molecule has 5 heteroatoms. The standard InChI is InChI=1S/C8H12FN3O/c1-5(2)7(9)8-11-6(3-4-10)12-13-8/h3-4,10H2,1-2H3. The molecular weight excluding hydrogens is 173 g/mol. The highest BCUT2D eigenvalue weighted by atomic mass is 19.1. The van der Waals surface area contributed by atoms with Crippen LogP contribution in [0.3, 0.4) is 0 Å². The van der Waals surface area contributed by atoms with Gasteiger partial charge in [0.1, 0.15) is 0 Å². The van der Waals surface area contributed by atoms with Crippen LogP contribution >= 0.6 is 0 Å². The third-order valence-corrected chi connectivity index (χ3v) is 1.46. The minimum absolute atomic E-state index is 0.0662. The van der Waals surface area contributed by atoms with E-state index in [0.717, 1.165) is 0 Å². The SMILES string of the molecule is CC(C)=C(F)c1nc(CCN)no1. The van der Waals surface area contributed by atoms with Crippen molar-refractivity contribution in [1.29, 1.82) is 0 Å². The molecule has 0 saturated carbocycles. The van der Waals surface area contributed by atoms with Gasteiger partial charge >= 0.3 is 0 Å². The third kappa shape index (κ3) is 2.35. The molecule has 1 heterocycles. The van der Waals surface area contributed by atoms with E-state index in [2.05, 4.69) is 10.1 Å². The number of rotatable bonds is 3. The van der Waals surface area contributed by atoms with Crippen molar-refractivity contribution in [3.05, 3.63) is 17.3 Å². The molecule has 0 unspecified atom stereocenters. The van der Waals surface area contributed by atoms with Crippen LogP contribution in [0.25, 0.3) is 5.83 Å². The van der Waals surface area contributed by atoms with Crippen LogP contribution in [0, 0.1) is 0 Å². The van der Waals surface area contributed by atoms with Gasteiger partial charge in [0, 0.05) is 6.42 Å². The molecule has 0 atom stereocenters. The lowest BCUT2D eigenvalue weighted by atomic mass is 10.3. The van der Waals surface area contributed by atoms with Crippen LogP contribution in [0.1, 0.15) is 25.6 Å². The fourth-order valence-corrected chi connectivity index (χ4v) is 0.788. The maximum Gasteiger partial charge on any atom is 0.286 e. The summed E-state index contributed by atoms with van der Waals surface area (Å²) in [5, 5.41) is 3.57. The van der Waals surface area contributed by atoms with E-state index in [1.54, 1.807) is 13.8 Å². The number of allylic oxidation sites excluding steroid dienone is 1. The smallest absolute Gasteiger partial charge is 0.286 e. The third-order valence-electron chi connectivity index (χ3n) is 1.46. The molecule has 72 valence electrons. The average Bonchev–Trinajstić information content (AvgIpc) is 2.52. The first-order valence-corrected chi connectivity index (χ1v) is 4.01. The van der Waals surface area contributed by atoms with Gasteiger partial charge in [0.15, 0.2) is 11.7 Å². The highest BCUT2D eigenvalue weighted by Gasteiger charge is 2.11. The van der Waals surface area contributed by atoms with E-state index < -0.39 is 5.83 Å². The predicted molar refractivity (Wildman–Crippen MR) is 46.4 cm³/mol. The Hall–Kier alpha value is -1.23. The van der Waals surface area contributed by atoms with Crippen molar-refractivity contribution < 1.29 is 8.91 Å². The van der Waals surface area contributed by atoms with Crippen molar-refractivity contribution in [2.75, 3.05) is 6.54 Å². The van der Waals surface area contributed by atoms with E-state index in [9.17, 15) is 4.39 Å². The summed E-state index contributed by atoms with van der Waals surface area (Å²) in [5.74, 6) is -0.0897. The van der Waals surface area contributed by atoms with Gasteiger partial charge < -0.3 is 10.3 Å². The highest BCUT2D eigenvalue weighted by molar-refractivity contribution is 5.53. The molecule has 1 aromatic heterocycles. The minimum atomic E-state index is -0.462. The Kier molecular flexibility index (Phi) is 3.13. The van der Waals surface area contributed by atoms with Gasteiger partial charge in [-0.25, -0.2) is 4.39 Å². The zero-order valence-corrected chi connectivity index (χ0v) is 7.67. The number of hydrogen-bond acceptors (Lipinski definition) is 4. The van der Waals surface area contributed by atoms with E-state index in [0.29, 0.717) is 24.4 Å². The van der Waals surface area contributed by atoms with Gasteiger partial charge in [0.2, 0.25) is 0 Å². The van der Waals surface area contributed by atoms with Crippen LogP contribution in [-0.2, 0) is 6.42 Å². The van der Waals surface area contributed by atoms with E-state index in [1.165, 1.54) is 0 Å². The molecule has 0 saturated heterocycles. The molecule has 1 rings (SSSR count). The number of halogens is 1. The first kappa shape index (κ1) is 9.85. The molecule has 0 fully saturated rings. The first-order valence-electron chi connectivity index (χ1n) is 4.01. The Balaban J connectivity index is 2.86. The van der Waals surface area contributed by atoms with E-state index in [4.69, 9.17) is 10.3 Å². The Bertz CT molecular complexity index is 315. The molecule has 0 bridgehead atoms. The summed E-state index contributed by atoms with van der Waals surface area (Å²) in [5.41, 5.74) is 5.79. The van der Waals surface area contributed by atoms with E-state index in [-0.39, 0.29) is 5.89 Å². The van der Waals surface area contributed by atoms with Gasteiger partial charge in [-0.1, -0.05) is 5.16 Å². The molecule has 2 N–H and O–H groups in total. The van der Waals surface area contributed by atoms with Crippen LogP contribution in [0.2, 0.25) is 0 Å². The number of nitrogens with zero attached hydrogens (tertiary/aromatic N) is 2. The molecule has 1 aromatic rings. The van der Waals surface area contributed by atoms with Gasteiger partial charge in [-0.2, -0.15) is 4.98 Å². The molecule has 0 aliphatic rings. The molecule has 0 aliphatic heterocycles. The maximum atomic E-state index is 13.2. The van der Waals surface area contributed by atoms with Crippen molar-refractivity contribution in [2.24, 2.45) is 5.73 Å². The fourth-order valence-electron chi connectivity index (χ4n) is 0.788. The van der Waals surface area contributed by atoms with Gasteiger partial charge in [0.05, 0.1) is 0 Å². The summed E-state index contributed by atoms with van der Waals surface area (Å²) in [7, 11) is 0. The second-order valence-electron chi connectivity index (χ2n) is 2.87. The zero-order valence-electron chi connectivity index (χ0n) is 7.67. The van der Waals surface area contributed by atoms with Gasteiger partial charge in [0.25, 0.3) is 5.89 Å². The van der Waals surface area contributed by atoms with Crippen LogP contribution in [0.4, 0.5) is 4.39 Å². The number of nitrogens with two attached hydrogens (primary N) is 1. The molecular formula is C8H12FN3O. The van der Waals surface area contributed by atoms with Crippen molar-refractivity contribution >= 4 is 5.83 Å². The summed E-state index contributed by atoms with van der Waals surface area (Å²) in [6.07, 6.45) is 0.500. The molecule has 13 heavy (non-hydrogen) atoms. The van der Waals surface area contributed by atoms with Crippen LogP contribution in [-0.4, -0.2) is 16.7 Å². The molecule has 0 spiro atoms. The number of hydrogen-bond donors (Lipinski definition) is 1. The average molecular weight is 185 g/mol. The van der Waals surface area contributed by atoms with Crippen molar-refractivity contribution in [2.45, 2.75) is 20.3 Å². The fraction of sp³-hybridized carbons (Fsp3) is 0.500. The monoisotopic (exact) mass is 185 g/mol. The van der Waals surface area contributed by atoms with Crippen LogP contribution in [0.5, 0.6) is 0 Å². The minimum Gasteiger partial charge on any atom is -0.331 e. The van der Waals surface area contributed by atoms with E-state index >= 15 is 0 Å². The lowest BCUT2D eigenvalue weighted by molar-refractivity contribution is 0.391. The Morgan fingerprint density at radius 1 is 1.54 bits per heavy atom. The van der Waals surface area contributed by atoms with Gasteiger partial charge in [-0.15, -0.1) is 0 Å². The van der Waals surface area contributed by atoms with Crippen molar-refractivity contribution in [3.8, 4) is 0 Å². The summed E-state index contributed by atoms with van der Waals surface area (Å²) in [6.45, 7) is 3.71. The zero-order chi connectivity index (χ0) is 9.84. The molecule has 0 amide bonds. The van der Waals surface area contributed by atoms with Crippen molar-refractivity contribution in [1.82, 2.24) is 10.1 Å². The summed E-state index contributed by atoms with van der Waals surface area (Å²) in [4.78, 5) is 3.83. The van der Waals surface area contributed by atoms with Crippen LogP contribution < -0.4 is 5.73 Å². The quantitative estimate of drug-likeness (QED) is 0.770. The molecule has 0 aromatic carbocycles.